The van der Waals surface area contributed by atoms with Crippen molar-refractivity contribution in [2.24, 2.45) is 5.16 Å². The predicted molar refractivity (Wildman–Crippen MR) is 85.0 cm³/mol. The van der Waals surface area contributed by atoms with Crippen molar-refractivity contribution in [1.29, 1.82) is 0 Å². The van der Waals surface area contributed by atoms with Crippen LogP contribution in [-0.2, 0) is 16.1 Å². The maximum absolute atomic E-state index is 13.3. The van der Waals surface area contributed by atoms with Crippen LogP contribution in [0.5, 0.6) is 0 Å². The monoisotopic (exact) mass is 334 g/mol. The zero-order valence-electron chi connectivity index (χ0n) is 12.7. The van der Waals surface area contributed by atoms with Gasteiger partial charge < -0.3 is 4.84 Å². The van der Waals surface area contributed by atoms with Crippen LogP contribution >= 0.6 is 11.3 Å². The number of aromatic nitrogens is 2. The number of nitrogens with zero attached hydrogens (tertiary/aromatic N) is 3. The third kappa shape index (κ3) is 3.21. The number of benzene rings is 1. The molecule has 2 heterocycles. The quantitative estimate of drug-likeness (QED) is 0.933. The van der Waals surface area contributed by atoms with Crippen molar-refractivity contribution in [3.63, 3.8) is 0 Å². The standard InChI is InChI=1S/C15H15FN4O2S/c1-3-12-18-19-14(23-12)17-13(21)15(2)8-11(20-22-15)9-5-4-6-10(16)7-9/h4-7H,3,8H2,1-2H3,(H,17,19,21)/t15-/m0/s1. The first-order valence-corrected chi connectivity index (χ1v) is 7.96. The van der Waals surface area contributed by atoms with Gasteiger partial charge in [0.1, 0.15) is 10.8 Å². The van der Waals surface area contributed by atoms with Crippen LogP contribution in [-0.4, -0.2) is 27.4 Å². The minimum Gasteiger partial charge on any atom is -0.379 e. The Balaban J connectivity index is 1.70. The van der Waals surface area contributed by atoms with Gasteiger partial charge in [0, 0.05) is 12.0 Å². The summed E-state index contributed by atoms with van der Waals surface area (Å²) in [4.78, 5) is 17.8. The van der Waals surface area contributed by atoms with E-state index in [2.05, 4.69) is 20.7 Å². The van der Waals surface area contributed by atoms with Crippen LogP contribution in [0.15, 0.2) is 29.4 Å². The normalized spacial score (nSPS) is 20.0. The van der Waals surface area contributed by atoms with Gasteiger partial charge in [0.2, 0.25) is 10.7 Å². The number of nitrogens with one attached hydrogen (secondary N) is 1. The van der Waals surface area contributed by atoms with Crippen LogP contribution in [0.3, 0.4) is 0 Å². The summed E-state index contributed by atoms with van der Waals surface area (Å²) in [5.41, 5.74) is -0.0148. The summed E-state index contributed by atoms with van der Waals surface area (Å²) >= 11 is 1.32. The number of rotatable bonds is 4. The Morgan fingerprint density at radius 3 is 3.00 bits per heavy atom. The van der Waals surface area contributed by atoms with Crippen LogP contribution < -0.4 is 5.32 Å². The van der Waals surface area contributed by atoms with E-state index in [0.29, 0.717) is 16.4 Å². The van der Waals surface area contributed by atoms with Gasteiger partial charge >= 0.3 is 0 Å². The third-order valence-corrected chi connectivity index (χ3v) is 4.47. The van der Waals surface area contributed by atoms with Crippen molar-refractivity contribution in [3.8, 4) is 0 Å². The summed E-state index contributed by atoms with van der Waals surface area (Å²) in [6, 6.07) is 6.04. The summed E-state index contributed by atoms with van der Waals surface area (Å²) in [6.45, 7) is 3.60. The lowest BCUT2D eigenvalue weighted by atomic mass is 9.95. The van der Waals surface area contributed by atoms with Gasteiger partial charge in [-0.25, -0.2) is 4.39 Å². The van der Waals surface area contributed by atoms with Crippen LogP contribution in [0.2, 0.25) is 0 Å². The molecule has 6 nitrogen and oxygen atoms in total. The average molecular weight is 334 g/mol. The van der Waals surface area contributed by atoms with Gasteiger partial charge in [-0.3, -0.25) is 10.1 Å². The average Bonchev–Trinajstić information content (AvgIpc) is 3.15. The zero-order valence-corrected chi connectivity index (χ0v) is 13.5. The van der Waals surface area contributed by atoms with E-state index in [9.17, 15) is 9.18 Å². The molecule has 0 saturated carbocycles. The van der Waals surface area contributed by atoms with Crippen LogP contribution in [0.1, 0.15) is 30.8 Å². The predicted octanol–water partition coefficient (Wildman–Crippen LogP) is 2.76. The summed E-state index contributed by atoms with van der Waals surface area (Å²) in [5.74, 6) is -0.712. The van der Waals surface area contributed by atoms with Gasteiger partial charge in [-0.15, -0.1) is 10.2 Å². The van der Waals surface area contributed by atoms with Crippen molar-refractivity contribution >= 4 is 28.1 Å². The highest BCUT2D eigenvalue weighted by molar-refractivity contribution is 7.15. The van der Waals surface area contributed by atoms with Gasteiger partial charge in [0.05, 0.1) is 5.71 Å². The van der Waals surface area contributed by atoms with Gasteiger partial charge in [0.25, 0.3) is 5.91 Å². The van der Waals surface area contributed by atoms with Crippen LogP contribution in [0, 0.1) is 5.82 Å². The summed E-state index contributed by atoms with van der Waals surface area (Å²) in [5, 5.41) is 15.8. The molecule has 0 fully saturated rings. The Morgan fingerprint density at radius 1 is 1.48 bits per heavy atom. The molecule has 23 heavy (non-hydrogen) atoms. The first kappa shape index (κ1) is 15.5. The summed E-state index contributed by atoms with van der Waals surface area (Å²) in [7, 11) is 0. The van der Waals surface area contributed by atoms with E-state index < -0.39 is 5.60 Å². The van der Waals surface area contributed by atoms with E-state index >= 15 is 0 Å². The van der Waals surface area contributed by atoms with E-state index in [-0.39, 0.29) is 18.1 Å². The Labute approximate surface area is 136 Å². The molecule has 0 radical (unpaired) electrons. The Bertz CT molecular complexity index is 776. The highest BCUT2D eigenvalue weighted by Gasteiger charge is 2.42. The van der Waals surface area contributed by atoms with Crippen molar-refractivity contribution in [3.05, 3.63) is 40.7 Å². The molecular weight excluding hydrogens is 319 g/mol. The summed E-state index contributed by atoms with van der Waals surface area (Å²) in [6.07, 6.45) is 1.01. The molecule has 8 heteroatoms. The molecule has 1 amide bonds. The molecule has 1 aliphatic heterocycles. The van der Waals surface area contributed by atoms with Crippen molar-refractivity contribution in [2.75, 3.05) is 5.32 Å². The molecule has 1 atom stereocenters. The number of hydrogen-bond acceptors (Lipinski definition) is 6. The molecule has 120 valence electrons. The fraction of sp³-hybridized carbons (Fsp3) is 0.333. The minimum atomic E-state index is -1.15. The number of anilines is 1. The number of aryl methyl sites for hydroxylation is 1. The van der Waals surface area contributed by atoms with E-state index in [1.807, 2.05) is 6.92 Å². The zero-order chi connectivity index (χ0) is 16.4. The topological polar surface area (TPSA) is 76.5 Å². The second kappa shape index (κ2) is 6.04. The third-order valence-electron chi connectivity index (χ3n) is 3.49. The van der Waals surface area contributed by atoms with E-state index in [0.717, 1.165) is 11.4 Å². The number of carbonyl (C=O) groups excluding carboxylic acids is 1. The molecule has 0 spiro atoms. The van der Waals surface area contributed by atoms with E-state index in [1.165, 1.54) is 23.5 Å². The first-order chi connectivity index (χ1) is 11.0. The second-order valence-corrected chi connectivity index (χ2v) is 6.42. The molecule has 2 aromatic rings. The van der Waals surface area contributed by atoms with Crippen molar-refractivity contribution < 1.29 is 14.0 Å². The highest BCUT2D eigenvalue weighted by atomic mass is 32.1. The Morgan fingerprint density at radius 2 is 2.30 bits per heavy atom. The minimum absolute atomic E-state index is 0.252. The SMILES string of the molecule is CCc1nnc(NC(=O)[C@]2(C)CC(c3cccc(F)c3)=NO2)s1. The fourth-order valence-electron chi connectivity index (χ4n) is 2.16. The van der Waals surface area contributed by atoms with Crippen molar-refractivity contribution in [2.45, 2.75) is 32.3 Å². The number of oxime groups is 1. The summed E-state index contributed by atoms with van der Waals surface area (Å²) < 4.78 is 13.3. The van der Waals surface area contributed by atoms with E-state index in [4.69, 9.17) is 4.84 Å². The molecule has 1 aliphatic rings. The van der Waals surface area contributed by atoms with Gasteiger partial charge in [-0.2, -0.15) is 0 Å². The number of amides is 1. The molecule has 1 aromatic carbocycles. The van der Waals surface area contributed by atoms with E-state index in [1.54, 1.807) is 19.1 Å². The van der Waals surface area contributed by atoms with Crippen molar-refractivity contribution in [1.82, 2.24) is 10.2 Å². The molecule has 0 aliphatic carbocycles. The van der Waals surface area contributed by atoms with Crippen LogP contribution in [0.4, 0.5) is 9.52 Å². The molecule has 0 bridgehead atoms. The smallest absolute Gasteiger partial charge is 0.273 e. The number of carbonyl (C=O) groups is 1. The maximum atomic E-state index is 13.3. The van der Waals surface area contributed by atoms with Gasteiger partial charge in [0.15, 0.2) is 0 Å². The molecule has 0 unspecified atom stereocenters. The molecule has 1 N–H and O–H groups in total. The Hall–Kier alpha value is -2.35. The molecular formula is C15H15FN4O2S. The second-order valence-electron chi connectivity index (χ2n) is 5.36. The highest BCUT2D eigenvalue weighted by Crippen LogP contribution is 2.28. The lowest BCUT2D eigenvalue weighted by molar-refractivity contribution is -0.135. The maximum Gasteiger partial charge on any atom is 0.273 e. The lowest BCUT2D eigenvalue weighted by Gasteiger charge is -2.19. The van der Waals surface area contributed by atoms with Crippen LogP contribution in [0.25, 0.3) is 0 Å². The van der Waals surface area contributed by atoms with Gasteiger partial charge in [-0.05, 0) is 25.5 Å². The molecule has 3 rings (SSSR count). The molecule has 1 aromatic heterocycles. The Kier molecular flexibility index (Phi) is 4.08. The number of hydrogen-bond donors (Lipinski definition) is 1. The molecule has 0 saturated heterocycles. The fourth-order valence-corrected chi connectivity index (χ4v) is 2.84. The lowest BCUT2D eigenvalue weighted by Crippen LogP contribution is -2.40. The largest absolute Gasteiger partial charge is 0.379 e. The van der Waals surface area contributed by atoms with Gasteiger partial charge in [-0.1, -0.05) is 35.5 Å². The number of halogens is 1. The first-order valence-electron chi connectivity index (χ1n) is 7.15.